The van der Waals surface area contributed by atoms with Gasteiger partial charge in [0.2, 0.25) is 0 Å². The van der Waals surface area contributed by atoms with Crippen molar-refractivity contribution in [3.8, 4) is 11.5 Å². The molecule has 1 saturated heterocycles. The van der Waals surface area contributed by atoms with Crippen molar-refractivity contribution in [1.29, 1.82) is 0 Å². The number of phosphoric acid groups is 4. The van der Waals surface area contributed by atoms with E-state index in [0.717, 1.165) is 18.5 Å². The highest BCUT2D eigenvalue weighted by Gasteiger charge is 2.48. The van der Waals surface area contributed by atoms with E-state index >= 15 is 0 Å². The van der Waals surface area contributed by atoms with E-state index in [4.69, 9.17) is 15.2 Å². The number of rotatable bonds is 13. The summed E-state index contributed by atoms with van der Waals surface area (Å²) in [5.41, 5.74) is 5.96. The third kappa shape index (κ3) is 8.43. The van der Waals surface area contributed by atoms with Crippen LogP contribution in [0.2, 0.25) is 0 Å². The molecule has 0 aliphatic carbocycles. The summed E-state index contributed by atoms with van der Waals surface area (Å²) < 4.78 is 80.7. The minimum atomic E-state index is -6.06. The number of nitrogen functional groups attached to an aromatic ring is 1. The summed E-state index contributed by atoms with van der Waals surface area (Å²) in [5, 5.41) is 20.8. The average molecular weight is 693 g/mol. The van der Waals surface area contributed by atoms with Gasteiger partial charge in [-0.05, 0) is 24.3 Å². The third-order valence-electron chi connectivity index (χ3n) is 5.30. The Kier molecular flexibility index (Phi) is 9.80. The van der Waals surface area contributed by atoms with Crippen LogP contribution in [0.3, 0.4) is 0 Å². The van der Waals surface area contributed by atoms with Crippen molar-refractivity contribution in [3.63, 3.8) is 0 Å². The molecule has 1 aromatic carbocycles. The second-order valence-electron chi connectivity index (χ2n) is 8.31. The van der Waals surface area contributed by atoms with Crippen molar-refractivity contribution < 1.29 is 79.5 Å². The molecule has 0 bridgehead atoms. The molecule has 5 unspecified atom stereocenters. The van der Waals surface area contributed by atoms with Gasteiger partial charge < -0.3 is 44.6 Å². The lowest BCUT2D eigenvalue weighted by atomic mass is 10.1. The molecule has 8 N–H and O–H groups in total. The van der Waals surface area contributed by atoms with Crippen LogP contribution in [0, 0.1) is 0 Å². The highest BCUT2D eigenvalue weighted by atomic mass is 31.3. The average Bonchev–Trinajstić information content (AvgIpc) is 3.42. The minimum Gasteiger partial charge on any atom is -0.497 e. The number of anilines is 1. The lowest BCUT2D eigenvalue weighted by molar-refractivity contribution is -0.0503. The van der Waals surface area contributed by atoms with Gasteiger partial charge in [-0.25, -0.2) is 33.2 Å². The van der Waals surface area contributed by atoms with Gasteiger partial charge in [0.05, 0.1) is 20.0 Å². The number of hydrogen-bond acceptors (Lipinski definition) is 17. The van der Waals surface area contributed by atoms with Crippen LogP contribution in [0.1, 0.15) is 6.23 Å². The SMILES string of the molecule is COc1ccc(OP(=O)(O)OP(=O)(O)OP(=O)(O)OP(=O)(O)OC[C@H]2O[C@@H](n3cnc4c(N)ncnc43)C(O)[C@H]2O)cc1. The molecule has 1 aliphatic rings. The van der Waals surface area contributed by atoms with Crippen molar-refractivity contribution in [3.05, 3.63) is 36.9 Å². The lowest BCUT2D eigenvalue weighted by Gasteiger charge is -2.21. The molecular formula is C17H23N5O17P4. The van der Waals surface area contributed by atoms with Gasteiger partial charge >= 0.3 is 31.3 Å². The maximum Gasteiger partial charge on any atom is 0.536 e. The summed E-state index contributed by atoms with van der Waals surface area (Å²) in [5.74, 6) is -0.0237. The Morgan fingerprint density at radius 2 is 1.44 bits per heavy atom. The number of aliphatic hydroxyl groups excluding tert-OH is 2. The van der Waals surface area contributed by atoms with Gasteiger partial charge in [-0.1, -0.05) is 0 Å². The predicted molar refractivity (Wildman–Crippen MR) is 138 cm³/mol. The highest BCUT2D eigenvalue weighted by molar-refractivity contribution is 7.69. The molecule has 1 fully saturated rings. The minimum absolute atomic E-state index is 0.00934. The Morgan fingerprint density at radius 3 is 2.07 bits per heavy atom. The predicted octanol–water partition coefficient (Wildman–Crippen LogP) is 0.583. The molecule has 43 heavy (non-hydrogen) atoms. The zero-order chi connectivity index (χ0) is 31.8. The molecule has 4 rings (SSSR count). The molecule has 2 aromatic heterocycles. The summed E-state index contributed by atoms with van der Waals surface area (Å²) in [7, 11) is -21.9. The van der Waals surface area contributed by atoms with Crippen LogP contribution in [0.4, 0.5) is 5.82 Å². The summed E-state index contributed by atoms with van der Waals surface area (Å²) >= 11 is 0. The first kappa shape index (κ1) is 33.5. The van der Waals surface area contributed by atoms with E-state index in [2.05, 4.69) is 36.9 Å². The van der Waals surface area contributed by atoms with Crippen LogP contribution in [-0.2, 0) is 40.5 Å². The van der Waals surface area contributed by atoms with Gasteiger partial charge in [0.1, 0.15) is 41.7 Å². The molecule has 238 valence electrons. The van der Waals surface area contributed by atoms with Crippen LogP contribution in [-0.4, -0.2) is 81.3 Å². The zero-order valence-corrected chi connectivity index (χ0v) is 24.9. The maximum atomic E-state index is 12.3. The summed E-state index contributed by atoms with van der Waals surface area (Å²) in [4.78, 5) is 50.7. The van der Waals surface area contributed by atoms with Gasteiger partial charge in [-0.3, -0.25) is 14.0 Å². The van der Waals surface area contributed by atoms with Gasteiger partial charge in [0.25, 0.3) is 0 Å². The number of nitrogens with two attached hydrogens (primary N) is 1. The zero-order valence-electron chi connectivity index (χ0n) is 21.3. The smallest absolute Gasteiger partial charge is 0.497 e. The second-order valence-corrected chi connectivity index (χ2v) is 14.5. The van der Waals surface area contributed by atoms with Gasteiger partial charge in [0.15, 0.2) is 17.7 Å². The number of nitrogens with zero attached hydrogens (tertiary/aromatic N) is 4. The van der Waals surface area contributed by atoms with Crippen LogP contribution < -0.4 is 15.0 Å². The molecule has 8 atom stereocenters. The molecule has 3 aromatic rings. The van der Waals surface area contributed by atoms with E-state index in [9.17, 15) is 48.0 Å². The first-order valence-corrected chi connectivity index (χ1v) is 17.3. The van der Waals surface area contributed by atoms with Crippen molar-refractivity contribution in [1.82, 2.24) is 19.5 Å². The van der Waals surface area contributed by atoms with Crippen LogP contribution in [0.5, 0.6) is 11.5 Å². The molecular weight excluding hydrogens is 670 g/mol. The van der Waals surface area contributed by atoms with E-state index in [-0.39, 0.29) is 22.7 Å². The lowest BCUT2D eigenvalue weighted by Crippen LogP contribution is -2.33. The fourth-order valence-corrected chi connectivity index (χ4v) is 8.50. The summed E-state index contributed by atoms with van der Waals surface area (Å²) in [6.07, 6.45) is -4.06. The molecule has 22 nitrogen and oxygen atoms in total. The highest BCUT2D eigenvalue weighted by Crippen LogP contribution is 2.71. The van der Waals surface area contributed by atoms with Crippen molar-refractivity contribution >= 4 is 48.3 Å². The molecule has 1 aliphatic heterocycles. The Labute approximate surface area is 240 Å². The number of benzene rings is 1. The quantitative estimate of drug-likeness (QED) is 0.120. The Balaban J connectivity index is 1.34. The van der Waals surface area contributed by atoms with Gasteiger partial charge in [0, 0.05) is 0 Å². The standard InChI is InChI=1S/C17H23N5O17P4/c1-33-9-2-4-10(5-3-9)36-41(27,28)38-43(31,32)39-42(29,30)37-40(25,26)34-6-11-13(23)14(24)17(35-11)22-8-21-12-15(18)19-7-20-16(12)22/h2-5,7-8,11,13-14,17,23-24H,6H2,1H3,(H,25,26)(H,27,28)(H,29,30)(H,31,32)(H2,18,19,20)/t11-,13+,14?,17-/m1/s1. The van der Waals surface area contributed by atoms with Crippen molar-refractivity contribution in [2.45, 2.75) is 24.5 Å². The first-order chi connectivity index (χ1) is 19.9. The van der Waals surface area contributed by atoms with Crippen LogP contribution >= 0.6 is 31.3 Å². The van der Waals surface area contributed by atoms with Crippen molar-refractivity contribution in [2.24, 2.45) is 0 Å². The molecule has 26 heteroatoms. The van der Waals surface area contributed by atoms with E-state index < -0.39 is 62.4 Å². The first-order valence-electron chi connectivity index (χ1n) is 11.3. The second kappa shape index (κ2) is 12.6. The van der Waals surface area contributed by atoms with E-state index in [1.165, 1.54) is 30.1 Å². The number of hydrogen-bond donors (Lipinski definition) is 7. The third-order valence-corrected chi connectivity index (χ3v) is 11.2. The Hall–Kier alpha value is -2.35. The maximum absolute atomic E-state index is 12.3. The number of ether oxygens (including phenoxy) is 2. The topological polar surface area (TPSA) is 324 Å². The van der Waals surface area contributed by atoms with Gasteiger partial charge in [-0.15, -0.1) is 0 Å². The fourth-order valence-electron chi connectivity index (χ4n) is 3.55. The van der Waals surface area contributed by atoms with E-state index in [1.807, 2.05) is 0 Å². The molecule has 3 heterocycles. The molecule has 0 amide bonds. The Morgan fingerprint density at radius 1 is 0.860 bits per heavy atom. The fraction of sp³-hybridized carbons (Fsp3) is 0.353. The molecule has 0 radical (unpaired) electrons. The normalized spacial score (nSPS) is 26.2. The summed E-state index contributed by atoms with van der Waals surface area (Å²) in [6, 6.07) is 4.81. The number of aliphatic hydroxyl groups is 2. The number of imidazole rings is 1. The van der Waals surface area contributed by atoms with Crippen LogP contribution in [0.25, 0.3) is 11.2 Å². The monoisotopic (exact) mass is 693 g/mol. The number of aromatic nitrogens is 4. The molecule has 0 saturated carbocycles. The molecule has 0 spiro atoms. The largest absolute Gasteiger partial charge is 0.536 e. The van der Waals surface area contributed by atoms with Gasteiger partial charge in [-0.2, -0.15) is 12.9 Å². The van der Waals surface area contributed by atoms with Crippen LogP contribution in [0.15, 0.2) is 36.9 Å². The van der Waals surface area contributed by atoms with E-state index in [1.54, 1.807) is 0 Å². The van der Waals surface area contributed by atoms with E-state index in [0.29, 0.717) is 5.75 Å². The van der Waals surface area contributed by atoms with Crippen molar-refractivity contribution in [2.75, 3.05) is 19.5 Å². The summed E-state index contributed by atoms with van der Waals surface area (Å²) in [6.45, 7) is -1.05. The number of phosphoric ester groups is 2. The number of methoxy groups -OCH3 is 1. The number of fused-ring (bicyclic) bond motifs is 1. The Bertz CT molecular complexity index is 1660.